The van der Waals surface area contributed by atoms with Gasteiger partial charge < -0.3 is 10.8 Å². The Bertz CT molecular complexity index is 161. The summed E-state index contributed by atoms with van der Waals surface area (Å²) in [5.74, 6) is -1.07. The van der Waals surface area contributed by atoms with Crippen LogP contribution < -0.4 is 5.73 Å². The Morgan fingerprint density at radius 2 is 2.36 bits per heavy atom. The van der Waals surface area contributed by atoms with Gasteiger partial charge >= 0.3 is 14.0 Å². The summed E-state index contributed by atoms with van der Waals surface area (Å²) in [4.78, 5) is 10.1. The van der Waals surface area contributed by atoms with Gasteiger partial charge in [0.2, 0.25) is 0 Å². The van der Waals surface area contributed by atoms with Gasteiger partial charge in [-0.2, -0.15) is 0 Å². The minimum absolute atomic E-state index is 0.124. The lowest BCUT2D eigenvalue weighted by molar-refractivity contribution is -0.138. The molecule has 11 heavy (non-hydrogen) atoms. The van der Waals surface area contributed by atoms with Gasteiger partial charge in [-0.3, -0.25) is 4.79 Å². The molecule has 0 fully saturated rings. The van der Waals surface area contributed by atoms with Crippen LogP contribution in [0.1, 0.15) is 6.42 Å². The Balaban J connectivity index is 3.39. The Labute approximate surface area is 65.4 Å². The van der Waals surface area contributed by atoms with Gasteiger partial charge in [-0.15, -0.1) is 4.52 Å². The zero-order valence-electron chi connectivity index (χ0n) is 6.19. The molecule has 0 spiro atoms. The molecule has 0 aromatic carbocycles. The van der Waals surface area contributed by atoms with Crippen molar-refractivity contribution < 1.29 is 19.0 Å². The first kappa shape index (κ1) is 10.5. The van der Waals surface area contributed by atoms with Gasteiger partial charge in [0.25, 0.3) is 0 Å². The molecule has 0 aliphatic carbocycles. The van der Waals surface area contributed by atoms with E-state index in [1.54, 1.807) is 0 Å². The van der Waals surface area contributed by atoms with Crippen LogP contribution >= 0.6 is 8.03 Å². The molecular weight excluding hydrogens is 169 g/mol. The molecule has 6 heteroatoms. The molecule has 0 saturated carbocycles. The second-order valence-electron chi connectivity index (χ2n) is 2.01. The highest BCUT2D eigenvalue weighted by Crippen LogP contribution is 2.15. The molecule has 2 atom stereocenters. The van der Waals surface area contributed by atoms with Crippen LogP contribution in [0.15, 0.2) is 0 Å². The number of hydrogen-bond acceptors (Lipinski definition) is 4. The summed E-state index contributed by atoms with van der Waals surface area (Å²) in [5.41, 5.74) is 5.13. The Kier molecular flexibility index (Phi) is 4.94. The zero-order valence-corrected chi connectivity index (χ0v) is 7.08. The van der Waals surface area contributed by atoms with Crippen LogP contribution in [0.5, 0.6) is 0 Å². The van der Waals surface area contributed by atoms with Gasteiger partial charge in [0.05, 0.1) is 0 Å². The lowest BCUT2D eigenvalue weighted by atomic mass is 10.2. The first-order valence-electron chi connectivity index (χ1n) is 3.06. The lowest BCUT2D eigenvalue weighted by Crippen LogP contribution is -2.30. The van der Waals surface area contributed by atoms with Crippen molar-refractivity contribution in [1.82, 2.24) is 0 Å². The number of carboxylic acid groups (broad SMARTS) is 1. The van der Waals surface area contributed by atoms with Crippen molar-refractivity contribution in [3.63, 3.8) is 0 Å². The SMILES string of the molecule is C[P+](=O)OCCC(N)C(=O)O. The van der Waals surface area contributed by atoms with Crippen LogP contribution in [0.4, 0.5) is 0 Å². The predicted octanol–water partition coefficient (Wildman–Crippen LogP) is 0.177. The largest absolute Gasteiger partial charge is 0.504 e. The molecule has 0 aliphatic heterocycles. The van der Waals surface area contributed by atoms with Crippen molar-refractivity contribution in [2.75, 3.05) is 13.3 Å². The van der Waals surface area contributed by atoms with Crippen molar-refractivity contribution in [2.24, 2.45) is 5.73 Å². The molecular formula is C5H11NO4P+. The number of hydrogen-bond donors (Lipinski definition) is 2. The summed E-state index contributed by atoms with van der Waals surface area (Å²) in [7, 11) is -1.65. The van der Waals surface area contributed by atoms with Gasteiger partial charge in [-0.1, -0.05) is 0 Å². The fraction of sp³-hybridized carbons (Fsp3) is 0.800. The highest BCUT2D eigenvalue weighted by Gasteiger charge is 2.14. The average Bonchev–Trinajstić information content (AvgIpc) is 1.86. The highest BCUT2D eigenvalue weighted by atomic mass is 31.1. The van der Waals surface area contributed by atoms with Crippen molar-refractivity contribution in [3.8, 4) is 0 Å². The van der Waals surface area contributed by atoms with E-state index in [1.165, 1.54) is 6.66 Å². The van der Waals surface area contributed by atoms with Gasteiger partial charge in [0, 0.05) is 6.42 Å². The van der Waals surface area contributed by atoms with Crippen molar-refractivity contribution in [2.45, 2.75) is 12.5 Å². The summed E-state index contributed by atoms with van der Waals surface area (Å²) in [6.45, 7) is 1.53. The van der Waals surface area contributed by atoms with Crippen LogP contribution in [-0.2, 0) is 13.9 Å². The Morgan fingerprint density at radius 3 is 2.73 bits per heavy atom. The summed E-state index contributed by atoms with van der Waals surface area (Å²) in [6.07, 6.45) is 0.185. The van der Waals surface area contributed by atoms with E-state index in [-0.39, 0.29) is 13.0 Å². The first-order chi connectivity index (χ1) is 5.04. The van der Waals surface area contributed by atoms with Gasteiger partial charge in [0.1, 0.15) is 12.6 Å². The Hall–Kier alpha value is -0.510. The molecule has 64 valence electrons. The zero-order chi connectivity index (χ0) is 8.85. The molecule has 0 aromatic heterocycles. The van der Waals surface area contributed by atoms with E-state index in [2.05, 4.69) is 4.52 Å². The Morgan fingerprint density at radius 1 is 1.82 bits per heavy atom. The molecule has 0 heterocycles. The van der Waals surface area contributed by atoms with E-state index in [1.807, 2.05) is 0 Å². The van der Waals surface area contributed by atoms with E-state index < -0.39 is 20.0 Å². The number of aliphatic carboxylic acids is 1. The quantitative estimate of drug-likeness (QED) is 0.589. The normalized spacial score (nSPS) is 14.2. The van der Waals surface area contributed by atoms with Crippen LogP contribution in [0.25, 0.3) is 0 Å². The van der Waals surface area contributed by atoms with Gasteiger partial charge in [-0.25, -0.2) is 0 Å². The monoisotopic (exact) mass is 180 g/mol. The van der Waals surface area contributed by atoms with Crippen LogP contribution in [0, 0.1) is 0 Å². The summed E-state index contributed by atoms with van der Waals surface area (Å²) >= 11 is 0. The maximum absolute atomic E-state index is 10.3. The smallest absolute Gasteiger partial charge is 0.480 e. The number of carboxylic acids is 1. The molecule has 0 aliphatic rings. The second kappa shape index (κ2) is 5.18. The molecule has 0 radical (unpaired) electrons. The molecule has 0 bridgehead atoms. The van der Waals surface area contributed by atoms with Gasteiger partial charge in [-0.05, 0) is 4.57 Å². The fourth-order valence-corrected chi connectivity index (χ4v) is 0.794. The van der Waals surface area contributed by atoms with Crippen molar-refractivity contribution >= 4 is 14.0 Å². The summed E-state index contributed by atoms with van der Waals surface area (Å²) in [5, 5.41) is 8.29. The molecule has 0 rings (SSSR count). The molecule has 0 saturated heterocycles. The molecule has 0 amide bonds. The third-order valence-corrected chi connectivity index (χ3v) is 1.57. The average molecular weight is 180 g/mol. The van der Waals surface area contributed by atoms with Crippen molar-refractivity contribution in [3.05, 3.63) is 0 Å². The van der Waals surface area contributed by atoms with E-state index in [0.29, 0.717) is 0 Å². The summed E-state index contributed by atoms with van der Waals surface area (Å²) < 4.78 is 15.0. The highest BCUT2D eigenvalue weighted by molar-refractivity contribution is 7.38. The third kappa shape index (κ3) is 5.91. The predicted molar refractivity (Wildman–Crippen MR) is 39.7 cm³/mol. The van der Waals surface area contributed by atoms with Crippen molar-refractivity contribution in [1.29, 1.82) is 0 Å². The maximum atomic E-state index is 10.3. The second-order valence-corrected chi connectivity index (χ2v) is 3.14. The fourth-order valence-electron chi connectivity index (χ4n) is 0.432. The molecule has 5 nitrogen and oxygen atoms in total. The molecule has 3 N–H and O–H groups in total. The van der Waals surface area contributed by atoms with Crippen LogP contribution in [0.2, 0.25) is 0 Å². The van der Waals surface area contributed by atoms with E-state index in [0.717, 1.165) is 0 Å². The van der Waals surface area contributed by atoms with Gasteiger partial charge in [0.15, 0.2) is 6.66 Å². The minimum atomic E-state index is -1.65. The van der Waals surface area contributed by atoms with E-state index >= 15 is 0 Å². The van der Waals surface area contributed by atoms with Crippen LogP contribution in [-0.4, -0.2) is 30.4 Å². The first-order valence-corrected chi connectivity index (χ1v) is 4.68. The maximum Gasteiger partial charge on any atom is 0.504 e. The third-order valence-electron chi connectivity index (χ3n) is 1.02. The van der Waals surface area contributed by atoms with E-state index in [9.17, 15) is 9.36 Å². The number of rotatable bonds is 5. The topological polar surface area (TPSA) is 89.6 Å². The minimum Gasteiger partial charge on any atom is -0.480 e. The number of nitrogens with two attached hydrogens (primary N) is 1. The standard InChI is InChI=1S/C5H10NO4P/c1-11(9)10-3-2-4(6)5(7)8/h4H,2-3,6H2,1H3/p+1. The van der Waals surface area contributed by atoms with E-state index in [4.69, 9.17) is 10.8 Å². The molecule has 0 aromatic rings. The van der Waals surface area contributed by atoms with Crippen LogP contribution in [0.3, 0.4) is 0 Å². The molecule has 2 unspecified atom stereocenters. The summed E-state index contributed by atoms with van der Waals surface area (Å²) in [6, 6.07) is -0.926. The lowest BCUT2D eigenvalue weighted by Gasteiger charge is -2.00. The number of carbonyl (C=O) groups is 1.